The molecule has 0 unspecified atom stereocenters. The van der Waals surface area contributed by atoms with Crippen molar-refractivity contribution in [2.24, 2.45) is 0 Å². The molecule has 1 aliphatic carbocycles. The summed E-state index contributed by atoms with van der Waals surface area (Å²) in [5.41, 5.74) is 0.301. The molecule has 112 valence electrons. The van der Waals surface area contributed by atoms with Crippen molar-refractivity contribution in [3.8, 4) is 0 Å². The van der Waals surface area contributed by atoms with Crippen LogP contribution in [0.3, 0.4) is 0 Å². The molecule has 0 spiro atoms. The quantitative estimate of drug-likeness (QED) is 0.801. The van der Waals surface area contributed by atoms with Gasteiger partial charge in [0.1, 0.15) is 17.5 Å². The number of anilines is 2. The second-order valence-electron chi connectivity index (χ2n) is 5.88. The zero-order valence-electron chi connectivity index (χ0n) is 13.2. The molecule has 0 bridgehead atoms. The first-order valence-corrected chi connectivity index (χ1v) is 7.56. The van der Waals surface area contributed by atoms with Crippen LogP contribution in [0, 0.1) is 0 Å². The molecule has 1 aromatic rings. The van der Waals surface area contributed by atoms with Crippen LogP contribution in [0.25, 0.3) is 0 Å². The van der Waals surface area contributed by atoms with Crippen molar-refractivity contribution in [3.05, 3.63) is 11.9 Å². The SMILES string of the molecule is CCCc1nc(NC)cc(NCC2(N(C)C)CCC2)n1. The summed E-state index contributed by atoms with van der Waals surface area (Å²) in [4.78, 5) is 11.4. The standard InChI is InChI=1S/C15H27N5/c1-5-7-12-18-13(16-2)10-14(19-12)17-11-15(20(3)4)8-6-9-15/h10H,5-9,11H2,1-4H3,(H2,16,17,18,19). The second-order valence-corrected chi connectivity index (χ2v) is 5.88. The topological polar surface area (TPSA) is 53.1 Å². The van der Waals surface area contributed by atoms with Gasteiger partial charge in [0.2, 0.25) is 0 Å². The van der Waals surface area contributed by atoms with E-state index < -0.39 is 0 Å². The molecular weight excluding hydrogens is 250 g/mol. The number of aromatic nitrogens is 2. The predicted molar refractivity (Wildman–Crippen MR) is 84.3 cm³/mol. The van der Waals surface area contributed by atoms with Gasteiger partial charge in [-0.25, -0.2) is 9.97 Å². The highest BCUT2D eigenvalue weighted by molar-refractivity contribution is 5.47. The summed E-state index contributed by atoms with van der Waals surface area (Å²) in [5.74, 6) is 2.73. The molecule has 0 saturated heterocycles. The van der Waals surface area contributed by atoms with Crippen molar-refractivity contribution in [2.75, 3.05) is 38.3 Å². The van der Waals surface area contributed by atoms with Gasteiger partial charge in [-0.2, -0.15) is 0 Å². The summed E-state index contributed by atoms with van der Waals surface area (Å²) in [6.45, 7) is 3.10. The number of nitrogens with zero attached hydrogens (tertiary/aromatic N) is 3. The molecule has 1 saturated carbocycles. The minimum Gasteiger partial charge on any atom is -0.373 e. The number of likely N-dealkylation sites (N-methyl/N-ethyl adjacent to an activating group) is 1. The van der Waals surface area contributed by atoms with E-state index in [-0.39, 0.29) is 0 Å². The highest BCUT2D eigenvalue weighted by Gasteiger charge is 2.38. The van der Waals surface area contributed by atoms with Gasteiger partial charge in [-0.3, -0.25) is 0 Å². The molecule has 2 rings (SSSR count). The Hall–Kier alpha value is -1.36. The molecule has 0 radical (unpaired) electrons. The first kappa shape index (κ1) is 15.0. The van der Waals surface area contributed by atoms with Crippen LogP contribution in [0.5, 0.6) is 0 Å². The zero-order valence-corrected chi connectivity index (χ0v) is 13.2. The van der Waals surface area contributed by atoms with Gasteiger partial charge in [0.25, 0.3) is 0 Å². The monoisotopic (exact) mass is 277 g/mol. The molecule has 1 heterocycles. The summed E-state index contributed by atoms with van der Waals surface area (Å²) in [6, 6.07) is 1.99. The van der Waals surface area contributed by atoms with Crippen LogP contribution < -0.4 is 10.6 Å². The Morgan fingerprint density at radius 3 is 2.45 bits per heavy atom. The van der Waals surface area contributed by atoms with Crippen LogP contribution in [0.4, 0.5) is 11.6 Å². The average molecular weight is 277 g/mol. The van der Waals surface area contributed by atoms with Gasteiger partial charge in [-0.15, -0.1) is 0 Å². The summed E-state index contributed by atoms with van der Waals surface area (Å²) in [6.07, 6.45) is 5.83. The fourth-order valence-electron chi connectivity index (χ4n) is 2.67. The lowest BCUT2D eigenvalue weighted by atomic mass is 9.75. The minimum absolute atomic E-state index is 0.301. The third kappa shape index (κ3) is 3.20. The number of hydrogen-bond donors (Lipinski definition) is 2. The molecule has 1 fully saturated rings. The highest BCUT2D eigenvalue weighted by atomic mass is 15.2. The number of rotatable bonds is 7. The van der Waals surface area contributed by atoms with Crippen LogP contribution in [-0.4, -0.2) is 48.1 Å². The molecule has 0 aliphatic heterocycles. The highest BCUT2D eigenvalue weighted by Crippen LogP contribution is 2.36. The smallest absolute Gasteiger partial charge is 0.133 e. The Labute approximate surface area is 122 Å². The van der Waals surface area contributed by atoms with Crippen molar-refractivity contribution in [2.45, 2.75) is 44.6 Å². The summed E-state index contributed by atoms with van der Waals surface area (Å²) in [7, 11) is 6.24. The van der Waals surface area contributed by atoms with Crippen molar-refractivity contribution in [1.82, 2.24) is 14.9 Å². The van der Waals surface area contributed by atoms with E-state index in [4.69, 9.17) is 0 Å². The van der Waals surface area contributed by atoms with E-state index in [0.29, 0.717) is 5.54 Å². The average Bonchev–Trinajstić information content (AvgIpc) is 2.37. The molecule has 1 aromatic heterocycles. The fourth-order valence-corrected chi connectivity index (χ4v) is 2.67. The maximum atomic E-state index is 4.61. The molecule has 5 heteroatoms. The van der Waals surface area contributed by atoms with E-state index in [1.54, 1.807) is 0 Å². The number of hydrogen-bond acceptors (Lipinski definition) is 5. The number of nitrogens with one attached hydrogen (secondary N) is 2. The molecule has 2 N–H and O–H groups in total. The van der Waals surface area contributed by atoms with E-state index in [1.165, 1.54) is 19.3 Å². The van der Waals surface area contributed by atoms with Crippen LogP contribution in [0.2, 0.25) is 0 Å². The van der Waals surface area contributed by atoms with Crippen LogP contribution in [0.15, 0.2) is 6.07 Å². The maximum Gasteiger partial charge on any atom is 0.133 e. The minimum atomic E-state index is 0.301. The lowest BCUT2D eigenvalue weighted by Gasteiger charge is -2.47. The molecule has 0 aromatic carbocycles. The van der Waals surface area contributed by atoms with Crippen molar-refractivity contribution < 1.29 is 0 Å². The summed E-state index contributed by atoms with van der Waals surface area (Å²) < 4.78 is 0. The Morgan fingerprint density at radius 2 is 1.95 bits per heavy atom. The Balaban J connectivity index is 2.06. The molecule has 20 heavy (non-hydrogen) atoms. The lowest BCUT2D eigenvalue weighted by molar-refractivity contribution is 0.0738. The normalized spacial score (nSPS) is 16.9. The molecule has 0 atom stereocenters. The van der Waals surface area contributed by atoms with Gasteiger partial charge >= 0.3 is 0 Å². The van der Waals surface area contributed by atoms with Gasteiger partial charge in [0.15, 0.2) is 0 Å². The molecule has 1 aliphatic rings. The van der Waals surface area contributed by atoms with Crippen molar-refractivity contribution in [3.63, 3.8) is 0 Å². The Morgan fingerprint density at radius 1 is 1.25 bits per heavy atom. The van der Waals surface area contributed by atoms with E-state index in [0.717, 1.165) is 36.8 Å². The van der Waals surface area contributed by atoms with Crippen LogP contribution >= 0.6 is 0 Å². The molecule has 0 amide bonds. The second kappa shape index (κ2) is 6.39. The first-order chi connectivity index (χ1) is 9.59. The Kier molecular flexibility index (Phi) is 4.81. The van der Waals surface area contributed by atoms with Crippen LogP contribution in [0.1, 0.15) is 38.4 Å². The first-order valence-electron chi connectivity index (χ1n) is 7.56. The zero-order chi connectivity index (χ0) is 14.6. The largest absolute Gasteiger partial charge is 0.373 e. The third-order valence-electron chi connectivity index (χ3n) is 4.33. The van der Waals surface area contributed by atoms with Gasteiger partial charge in [0.05, 0.1) is 0 Å². The number of aryl methyl sites for hydroxylation is 1. The third-order valence-corrected chi connectivity index (χ3v) is 4.33. The van der Waals surface area contributed by atoms with E-state index >= 15 is 0 Å². The fraction of sp³-hybridized carbons (Fsp3) is 0.733. The van der Waals surface area contributed by atoms with Crippen molar-refractivity contribution >= 4 is 11.6 Å². The molecular formula is C15H27N5. The maximum absolute atomic E-state index is 4.61. The van der Waals surface area contributed by atoms with Crippen LogP contribution in [-0.2, 0) is 6.42 Å². The predicted octanol–water partition coefficient (Wildman–Crippen LogP) is 2.37. The van der Waals surface area contributed by atoms with Gasteiger partial charge in [-0.1, -0.05) is 6.92 Å². The Bertz CT molecular complexity index is 440. The lowest BCUT2D eigenvalue weighted by Crippen LogP contribution is -2.54. The summed E-state index contributed by atoms with van der Waals surface area (Å²) >= 11 is 0. The molecule has 5 nitrogen and oxygen atoms in total. The van der Waals surface area contributed by atoms with Crippen molar-refractivity contribution in [1.29, 1.82) is 0 Å². The summed E-state index contributed by atoms with van der Waals surface area (Å²) in [5, 5.41) is 6.62. The van der Waals surface area contributed by atoms with Gasteiger partial charge in [0, 0.05) is 31.6 Å². The van der Waals surface area contributed by atoms with E-state index in [2.05, 4.69) is 46.5 Å². The van der Waals surface area contributed by atoms with E-state index in [9.17, 15) is 0 Å². The van der Waals surface area contributed by atoms with Gasteiger partial charge < -0.3 is 15.5 Å². The van der Waals surface area contributed by atoms with Gasteiger partial charge in [-0.05, 0) is 39.8 Å². The van der Waals surface area contributed by atoms with E-state index in [1.807, 2.05) is 13.1 Å².